The van der Waals surface area contributed by atoms with Crippen molar-refractivity contribution in [1.29, 1.82) is 0 Å². The van der Waals surface area contributed by atoms with Crippen LogP contribution < -0.4 is 5.32 Å². The van der Waals surface area contributed by atoms with Crippen LogP contribution in [-0.4, -0.2) is 20.9 Å². The van der Waals surface area contributed by atoms with Crippen LogP contribution in [0.25, 0.3) is 22.5 Å². The van der Waals surface area contributed by atoms with Crippen molar-refractivity contribution in [2.24, 2.45) is 0 Å². The molecule has 0 fully saturated rings. The summed E-state index contributed by atoms with van der Waals surface area (Å²) in [5.41, 5.74) is 3.28. The lowest BCUT2D eigenvalue weighted by atomic mass is 10.2. The molecule has 0 radical (unpaired) electrons. The summed E-state index contributed by atoms with van der Waals surface area (Å²) < 4.78 is 5.21. The summed E-state index contributed by atoms with van der Waals surface area (Å²) in [4.78, 5) is 25.0. The molecule has 0 spiro atoms. The number of nitrogens with one attached hydrogen (secondary N) is 1. The Balaban J connectivity index is 1.55. The second kappa shape index (κ2) is 5.62. The Morgan fingerprint density at radius 1 is 1.13 bits per heavy atom. The van der Waals surface area contributed by atoms with Gasteiger partial charge in [-0.05, 0) is 30.3 Å². The summed E-state index contributed by atoms with van der Waals surface area (Å²) in [5.74, 6) is -0.245. The second-order valence-corrected chi connectivity index (χ2v) is 5.60. The van der Waals surface area contributed by atoms with E-state index in [1.54, 1.807) is 24.4 Å². The summed E-state index contributed by atoms with van der Waals surface area (Å²) in [6.45, 7) is 0. The summed E-state index contributed by atoms with van der Waals surface area (Å²) in [7, 11) is 0. The molecule has 7 heteroatoms. The Kier molecular flexibility index (Phi) is 3.32. The summed E-state index contributed by atoms with van der Waals surface area (Å²) in [6.07, 6.45) is 3.06. The first-order valence-corrected chi connectivity index (χ1v) is 7.69. The minimum Gasteiger partial charge on any atom is -0.443 e. The van der Waals surface area contributed by atoms with Gasteiger partial charge < -0.3 is 4.42 Å². The maximum absolute atomic E-state index is 12.3. The molecule has 1 aromatic carbocycles. The van der Waals surface area contributed by atoms with E-state index >= 15 is 0 Å². The molecule has 112 valence electrons. The molecule has 4 rings (SSSR count). The molecule has 0 bridgehead atoms. The molecule has 4 aromatic rings. The molecule has 3 heterocycles. The van der Waals surface area contributed by atoms with Gasteiger partial charge in [0, 0.05) is 17.1 Å². The molecule has 0 unspecified atom stereocenters. The number of thiazole rings is 1. The highest BCUT2D eigenvalue weighted by Gasteiger charge is 2.12. The predicted molar refractivity (Wildman–Crippen MR) is 87.3 cm³/mol. The van der Waals surface area contributed by atoms with Gasteiger partial charge >= 0.3 is 0 Å². The molecule has 0 aliphatic heterocycles. The van der Waals surface area contributed by atoms with Gasteiger partial charge in [0.25, 0.3) is 5.91 Å². The van der Waals surface area contributed by atoms with Crippen LogP contribution in [0.2, 0.25) is 0 Å². The Morgan fingerprint density at radius 2 is 2.09 bits per heavy atom. The Hall–Kier alpha value is -3.06. The average Bonchev–Trinajstić information content (AvgIpc) is 3.24. The number of anilines is 1. The molecule has 1 N–H and O–H groups in total. The highest BCUT2D eigenvalue weighted by Crippen LogP contribution is 2.24. The summed E-state index contributed by atoms with van der Waals surface area (Å²) >= 11 is 1.35. The molecule has 23 heavy (non-hydrogen) atoms. The number of aromatic nitrogens is 3. The number of pyridine rings is 1. The predicted octanol–water partition coefficient (Wildman–Crippen LogP) is 3.60. The molecule has 0 saturated heterocycles. The van der Waals surface area contributed by atoms with Crippen molar-refractivity contribution < 1.29 is 9.21 Å². The minimum atomic E-state index is -0.245. The lowest BCUT2D eigenvalue weighted by Gasteiger charge is -2.01. The van der Waals surface area contributed by atoms with Crippen LogP contribution in [0.3, 0.4) is 0 Å². The zero-order valence-corrected chi connectivity index (χ0v) is 12.6. The second-order valence-electron chi connectivity index (χ2n) is 4.74. The van der Waals surface area contributed by atoms with Crippen LogP contribution >= 0.6 is 11.3 Å². The first-order valence-electron chi connectivity index (χ1n) is 6.81. The number of carbonyl (C=O) groups excluding carboxylic acids is 1. The van der Waals surface area contributed by atoms with Crippen LogP contribution in [0.5, 0.6) is 0 Å². The quantitative estimate of drug-likeness (QED) is 0.623. The lowest BCUT2D eigenvalue weighted by Crippen LogP contribution is -2.11. The standard InChI is InChI=1S/C16H10N4O2S/c21-15(10-4-5-12-14(7-10)22-9-18-12)20-16-19-13(8-23-16)11-3-1-2-6-17-11/h1-9H,(H,19,20,21). The molecule has 6 nitrogen and oxygen atoms in total. The number of benzene rings is 1. The van der Waals surface area contributed by atoms with E-state index in [4.69, 9.17) is 4.42 Å². The van der Waals surface area contributed by atoms with Gasteiger partial charge in [0.1, 0.15) is 11.2 Å². The third-order valence-electron chi connectivity index (χ3n) is 3.25. The molecule has 3 aromatic heterocycles. The fourth-order valence-corrected chi connectivity index (χ4v) is 2.83. The van der Waals surface area contributed by atoms with Gasteiger partial charge in [-0.1, -0.05) is 6.07 Å². The zero-order chi connectivity index (χ0) is 15.6. The van der Waals surface area contributed by atoms with Gasteiger partial charge in [0.15, 0.2) is 17.1 Å². The monoisotopic (exact) mass is 322 g/mol. The topological polar surface area (TPSA) is 80.9 Å². The van der Waals surface area contributed by atoms with Gasteiger partial charge in [-0.15, -0.1) is 11.3 Å². The molecular weight excluding hydrogens is 312 g/mol. The van der Waals surface area contributed by atoms with Crippen molar-refractivity contribution in [3.8, 4) is 11.4 Å². The number of carbonyl (C=O) groups is 1. The van der Waals surface area contributed by atoms with E-state index in [-0.39, 0.29) is 5.91 Å². The maximum atomic E-state index is 12.3. The normalized spacial score (nSPS) is 10.8. The van der Waals surface area contributed by atoms with Crippen LogP contribution in [0.15, 0.2) is 58.8 Å². The van der Waals surface area contributed by atoms with Gasteiger partial charge in [0.05, 0.1) is 5.69 Å². The van der Waals surface area contributed by atoms with E-state index in [1.807, 2.05) is 23.6 Å². The van der Waals surface area contributed by atoms with Crippen LogP contribution in [0.4, 0.5) is 5.13 Å². The highest BCUT2D eigenvalue weighted by molar-refractivity contribution is 7.14. The number of oxazole rings is 1. The first kappa shape index (κ1) is 13.6. The van der Waals surface area contributed by atoms with E-state index in [0.717, 1.165) is 11.4 Å². The van der Waals surface area contributed by atoms with Crippen molar-refractivity contribution in [3.63, 3.8) is 0 Å². The smallest absolute Gasteiger partial charge is 0.257 e. The first-order chi connectivity index (χ1) is 11.3. The number of fused-ring (bicyclic) bond motifs is 1. The Bertz CT molecular complexity index is 978. The molecule has 1 amide bonds. The number of rotatable bonds is 3. The fraction of sp³-hybridized carbons (Fsp3) is 0. The number of hydrogen-bond donors (Lipinski definition) is 1. The van der Waals surface area contributed by atoms with Gasteiger partial charge in [-0.2, -0.15) is 0 Å². The Morgan fingerprint density at radius 3 is 2.96 bits per heavy atom. The molecule has 0 atom stereocenters. The van der Waals surface area contributed by atoms with Crippen molar-refractivity contribution in [2.45, 2.75) is 0 Å². The number of hydrogen-bond acceptors (Lipinski definition) is 6. The average molecular weight is 322 g/mol. The molecular formula is C16H10N4O2S. The van der Waals surface area contributed by atoms with E-state index in [2.05, 4.69) is 20.3 Å². The molecule has 0 saturated carbocycles. The highest BCUT2D eigenvalue weighted by atomic mass is 32.1. The largest absolute Gasteiger partial charge is 0.443 e. The number of nitrogens with zero attached hydrogens (tertiary/aromatic N) is 3. The van der Waals surface area contributed by atoms with Crippen molar-refractivity contribution in [2.75, 3.05) is 5.32 Å². The molecule has 0 aliphatic rings. The lowest BCUT2D eigenvalue weighted by molar-refractivity contribution is 0.102. The SMILES string of the molecule is O=C(Nc1nc(-c2ccccn2)cs1)c1ccc2ncoc2c1. The van der Waals surface area contributed by atoms with Crippen molar-refractivity contribution in [1.82, 2.24) is 15.0 Å². The van der Waals surface area contributed by atoms with Gasteiger partial charge in [-0.25, -0.2) is 9.97 Å². The maximum Gasteiger partial charge on any atom is 0.257 e. The fourth-order valence-electron chi connectivity index (χ4n) is 2.13. The number of amides is 1. The van der Waals surface area contributed by atoms with Gasteiger partial charge in [0.2, 0.25) is 0 Å². The van der Waals surface area contributed by atoms with E-state index in [0.29, 0.717) is 21.8 Å². The van der Waals surface area contributed by atoms with Crippen molar-refractivity contribution >= 4 is 33.5 Å². The van der Waals surface area contributed by atoms with E-state index < -0.39 is 0 Å². The third kappa shape index (κ3) is 2.69. The van der Waals surface area contributed by atoms with E-state index in [1.165, 1.54) is 17.7 Å². The zero-order valence-electron chi connectivity index (χ0n) is 11.8. The van der Waals surface area contributed by atoms with Crippen LogP contribution in [0, 0.1) is 0 Å². The van der Waals surface area contributed by atoms with Gasteiger partial charge in [-0.3, -0.25) is 15.1 Å². The van der Waals surface area contributed by atoms with Crippen LogP contribution in [0.1, 0.15) is 10.4 Å². The summed E-state index contributed by atoms with van der Waals surface area (Å²) in [6, 6.07) is 10.7. The minimum absolute atomic E-state index is 0.245. The molecule has 0 aliphatic carbocycles. The van der Waals surface area contributed by atoms with Crippen molar-refractivity contribution in [3.05, 3.63) is 59.9 Å². The third-order valence-corrected chi connectivity index (χ3v) is 4.00. The summed E-state index contributed by atoms with van der Waals surface area (Å²) in [5, 5.41) is 5.16. The van der Waals surface area contributed by atoms with Crippen LogP contribution in [-0.2, 0) is 0 Å². The Labute approximate surface area is 134 Å². The van der Waals surface area contributed by atoms with E-state index in [9.17, 15) is 4.79 Å².